The lowest BCUT2D eigenvalue weighted by Gasteiger charge is -2.48. The Labute approximate surface area is 170 Å². The van der Waals surface area contributed by atoms with Crippen molar-refractivity contribution < 1.29 is 18.3 Å². The summed E-state index contributed by atoms with van der Waals surface area (Å²) in [7, 11) is -3.28. The van der Waals surface area contributed by atoms with Crippen LogP contribution < -0.4 is 10.0 Å². The number of amides is 1. The molecular weight excluding hydrogens is 396 g/mol. The maximum Gasteiger partial charge on any atom is 0.234 e. The molecule has 1 aliphatic carbocycles. The normalized spacial score (nSPS) is 35.8. The summed E-state index contributed by atoms with van der Waals surface area (Å²) in [5, 5.41) is 15.9. The molecule has 1 saturated heterocycles. The summed E-state index contributed by atoms with van der Waals surface area (Å²) < 4.78 is 25.5. The quantitative estimate of drug-likeness (QED) is 0.689. The Morgan fingerprint density at radius 1 is 1.25 bits per heavy atom. The number of carbonyl (C=O) groups is 1. The molecule has 28 heavy (non-hydrogen) atoms. The van der Waals surface area contributed by atoms with E-state index in [1.807, 2.05) is 36.6 Å². The lowest BCUT2D eigenvalue weighted by atomic mass is 9.63. The Morgan fingerprint density at radius 3 is 2.64 bits per heavy atom. The predicted octanol–water partition coefficient (Wildman–Crippen LogP) is 1.89. The number of thioether (sulfide) groups is 1. The highest BCUT2D eigenvalue weighted by Gasteiger charge is 2.51. The average molecular weight is 423 g/mol. The Bertz CT molecular complexity index is 884. The molecule has 1 aromatic carbocycles. The number of fused-ring (bicyclic) bond motifs is 3. The number of aliphatic hydroxyl groups is 1. The summed E-state index contributed by atoms with van der Waals surface area (Å²) in [6.07, 6.45) is 4.28. The van der Waals surface area contributed by atoms with Crippen molar-refractivity contribution in [1.82, 2.24) is 10.0 Å². The van der Waals surface area contributed by atoms with Gasteiger partial charge in [0.25, 0.3) is 0 Å². The van der Waals surface area contributed by atoms with Crippen LogP contribution in [0.3, 0.4) is 0 Å². The third-order valence-electron chi connectivity index (χ3n) is 6.19. The van der Waals surface area contributed by atoms with Crippen molar-refractivity contribution in [3.8, 4) is 0 Å². The second-order valence-electron chi connectivity index (χ2n) is 8.10. The fraction of sp³-hybridized carbons (Fsp3) is 0.550. The van der Waals surface area contributed by atoms with E-state index in [0.717, 1.165) is 23.8 Å². The Kier molecular flexibility index (Phi) is 5.33. The third kappa shape index (κ3) is 3.75. The fourth-order valence-electron chi connectivity index (χ4n) is 4.99. The molecular formula is C20H26N2O4S2. The molecule has 6 nitrogen and oxygen atoms in total. The lowest BCUT2D eigenvalue weighted by Crippen LogP contribution is -2.59. The topological polar surface area (TPSA) is 95.5 Å². The maximum atomic E-state index is 12.4. The van der Waals surface area contributed by atoms with Crippen LogP contribution in [0, 0.1) is 11.8 Å². The fourth-order valence-corrected chi connectivity index (χ4v) is 6.85. The van der Waals surface area contributed by atoms with Gasteiger partial charge in [-0.3, -0.25) is 4.79 Å². The number of aliphatic hydroxyl groups excluding tert-OH is 1. The minimum atomic E-state index is -3.28. The van der Waals surface area contributed by atoms with Crippen molar-refractivity contribution in [3.05, 3.63) is 46.9 Å². The molecule has 152 valence electrons. The van der Waals surface area contributed by atoms with Gasteiger partial charge in [-0.2, -0.15) is 0 Å². The van der Waals surface area contributed by atoms with Gasteiger partial charge >= 0.3 is 0 Å². The van der Waals surface area contributed by atoms with Crippen LogP contribution in [0.15, 0.2) is 35.7 Å². The average Bonchev–Trinajstić information content (AvgIpc) is 3.11. The number of benzene rings is 1. The van der Waals surface area contributed by atoms with Crippen LogP contribution in [0.25, 0.3) is 0 Å². The molecule has 2 fully saturated rings. The van der Waals surface area contributed by atoms with E-state index < -0.39 is 16.1 Å². The highest BCUT2D eigenvalue weighted by atomic mass is 32.2. The maximum absolute atomic E-state index is 12.4. The summed E-state index contributed by atoms with van der Waals surface area (Å²) in [6.45, 7) is 1.81. The number of carbonyl (C=O) groups excluding carboxylic acids is 1. The van der Waals surface area contributed by atoms with Gasteiger partial charge in [0, 0.05) is 23.9 Å². The number of nitrogens with one attached hydrogen (secondary N) is 2. The summed E-state index contributed by atoms with van der Waals surface area (Å²) in [6, 6.07) is 7.59. The van der Waals surface area contributed by atoms with Crippen LogP contribution in [-0.2, 0) is 14.8 Å². The van der Waals surface area contributed by atoms with E-state index in [1.54, 1.807) is 11.8 Å². The van der Waals surface area contributed by atoms with Crippen molar-refractivity contribution in [1.29, 1.82) is 0 Å². The zero-order chi connectivity index (χ0) is 20.1. The molecule has 0 radical (unpaired) electrons. The van der Waals surface area contributed by atoms with Gasteiger partial charge in [0.2, 0.25) is 15.9 Å². The predicted molar refractivity (Wildman–Crippen MR) is 110 cm³/mol. The van der Waals surface area contributed by atoms with Crippen molar-refractivity contribution in [2.24, 2.45) is 11.8 Å². The molecule has 2 aliphatic heterocycles. The van der Waals surface area contributed by atoms with Crippen LogP contribution in [0.2, 0.25) is 0 Å². The molecule has 3 aliphatic rings. The van der Waals surface area contributed by atoms with Gasteiger partial charge in [-0.1, -0.05) is 30.3 Å². The molecule has 1 aromatic rings. The van der Waals surface area contributed by atoms with E-state index >= 15 is 0 Å². The molecule has 0 aromatic heterocycles. The largest absolute Gasteiger partial charge is 0.392 e. The Hall–Kier alpha value is -1.35. The van der Waals surface area contributed by atoms with Crippen LogP contribution in [0.4, 0.5) is 0 Å². The first-order valence-electron chi connectivity index (χ1n) is 9.62. The van der Waals surface area contributed by atoms with Gasteiger partial charge in [-0.25, -0.2) is 13.1 Å². The van der Waals surface area contributed by atoms with E-state index in [4.69, 9.17) is 0 Å². The minimum Gasteiger partial charge on any atom is -0.392 e. The summed E-state index contributed by atoms with van der Waals surface area (Å²) in [5.41, 5.74) is 1.92. The van der Waals surface area contributed by atoms with Crippen molar-refractivity contribution in [3.63, 3.8) is 0 Å². The molecule has 4 rings (SSSR count). The summed E-state index contributed by atoms with van der Waals surface area (Å²) >= 11 is 1.56. The third-order valence-corrected chi connectivity index (χ3v) is 8.10. The Balaban J connectivity index is 1.61. The van der Waals surface area contributed by atoms with E-state index in [9.17, 15) is 18.3 Å². The van der Waals surface area contributed by atoms with Crippen molar-refractivity contribution >= 4 is 27.7 Å². The molecule has 3 N–H and O–H groups in total. The van der Waals surface area contributed by atoms with E-state index in [1.165, 1.54) is 0 Å². The van der Waals surface area contributed by atoms with Gasteiger partial charge in [0.05, 0.1) is 17.6 Å². The first kappa shape index (κ1) is 19.9. The molecule has 1 saturated carbocycles. The number of sulfonamides is 1. The lowest BCUT2D eigenvalue weighted by molar-refractivity contribution is -0.126. The van der Waals surface area contributed by atoms with E-state index in [2.05, 4.69) is 16.1 Å². The van der Waals surface area contributed by atoms with Gasteiger partial charge < -0.3 is 10.4 Å². The first-order chi connectivity index (χ1) is 13.2. The Morgan fingerprint density at radius 2 is 1.96 bits per heavy atom. The van der Waals surface area contributed by atoms with E-state index in [0.29, 0.717) is 6.42 Å². The summed E-state index contributed by atoms with van der Waals surface area (Å²) in [4.78, 5) is 12.4. The number of rotatable bonds is 4. The molecule has 0 spiro atoms. The standard InChI is InChI=1S/C20H26N2O4S2/c1-11(22-28(2,25)26)12-3-5-13(6-4-12)17-16(23)8-7-15-18(17)14-9-10-27-19(14)20(24)21-15/h3-6,9-11,14-19,22-23H,7-8H2,1-2H3,(H,21,24). The first-order valence-corrected chi connectivity index (χ1v) is 12.5. The van der Waals surface area contributed by atoms with Gasteiger partial charge in [0.1, 0.15) is 0 Å². The smallest absolute Gasteiger partial charge is 0.234 e. The second-order valence-corrected chi connectivity index (χ2v) is 10.9. The summed E-state index contributed by atoms with van der Waals surface area (Å²) in [5.74, 6) is 0.346. The van der Waals surface area contributed by atoms with Gasteiger partial charge in [-0.05, 0) is 42.2 Å². The van der Waals surface area contributed by atoms with Crippen LogP contribution in [0.5, 0.6) is 0 Å². The highest BCUT2D eigenvalue weighted by Crippen LogP contribution is 2.50. The molecule has 2 heterocycles. The van der Waals surface area contributed by atoms with Crippen LogP contribution in [-0.4, -0.2) is 43.1 Å². The van der Waals surface area contributed by atoms with Crippen molar-refractivity contribution in [2.75, 3.05) is 6.26 Å². The zero-order valence-corrected chi connectivity index (χ0v) is 17.5. The molecule has 7 unspecified atom stereocenters. The number of hydrogen-bond acceptors (Lipinski definition) is 5. The van der Waals surface area contributed by atoms with Crippen molar-refractivity contribution in [2.45, 2.75) is 49.1 Å². The number of piperidine rings is 1. The monoisotopic (exact) mass is 422 g/mol. The number of allylic oxidation sites excluding steroid dienone is 1. The second kappa shape index (κ2) is 7.48. The molecule has 8 heteroatoms. The SMILES string of the molecule is CC(NS(C)(=O)=O)c1ccc(C2C(O)CCC3NC(=O)C4SC=CC4C32)cc1. The highest BCUT2D eigenvalue weighted by molar-refractivity contribution is 8.03. The zero-order valence-electron chi connectivity index (χ0n) is 15.9. The van der Waals surface area contributed by atoms with Gasteiger partial charge in [-0.15, -0.1) is 11.8 Å². The number of hydrogen-bond donors (Lipinski definition) is 3. The molecule has 7 atom stereocenters. The molecule has 1 amide bonds. The van der Waals surface area contributed by atoms with Gasteiger partial charge in [0.15, 0.2) is 0 Å². The molecule has 0 bridgehead atoms. The van der Waals surface area contributed by atoms with Crippen LogP contribution in [0.1, 0.15) is 42.9 Å². The van der Waals surface area contributed by atoms with E-state index in [-0.39, 0.29) is 41.0 Å². The van der Waals surface area contributed by atoms with Crippen LogP contribution >= 0.6 is 11.8 Å². The minimum absolute atomic E-state index is 0.0533.